The van der Waals surface area contributed by atoms with E-state index in [1.807, 2.05) is 0 Å². The first-order chi connectivity index (χ1) is 33.0. The van der Waals surface area contributed by atoms with Crippen LogP contribution >= 0.6 is 0 Å². The van der Waals surface area contributed by atoms with Gasteiger partial charge in [-0.05, 0) is 105 Å². The van der Waals surface area contributed by atoms with Gasteiger partial charge in [-0.25, -0.2) is 44.5 Å². The third kappa shape index (κ3) is 14.6. The van der Waals surface area contributed by atoms with Crippen LogP contribution in [0.1, 0.15) is 77.7 Å². The third-order valence-corrected chi connectivity index (χ3v) is 12.9. The number of nitrogens with zero attached hydrogens (tertiary/aromatic N) is 5. The van der Waals surface area contributed by atoms with E-state index in [4.69, 9.17) is 14.2 Å². The summed E-state index contributed by atoms with van der Waals surface area (Å²) in [7, 11) is -6.11. The topological polar surface area (TPSA) is 204 Å². The van der Waals surface area contributed by atoms with Crippen molar-refractivity contribution in [3.05, 3.63) is 166 Å². The van der Waals surface area contributed by atoms with Crippen LogP contribution in [0, 0.1) is 11.6 Å². The second kappa shape index (κ2) is 22.4. The zero-order valence-corrected chi connectivity index (χ0v) is 39.7. The molecular weight excluding hydrogens is 1000 g/mol. The Morgan fingerprint density at radius 2 is 1.04 bits per heavy atom. The lowest BCUT2D eigenvalue weighted by Gasteiger charge is -2.27. The molecule has 2 aromatic heterocycles. The average molecular weight is 1050 g/mol. The van der Waals surface area contributed by atoms with Gasteiger partial charge < -0.3 is 24.4 Å². The largest absolute Gasteiger partial charge is 0.443 e. The second-order valence-electron chi connectivity index (χ2n) is 16.3. The second-order valence-corrected chi connectivity index (χ2v) is 19.9. The fraction of sp³-hybridized carbons (Fsp3) is 0.311. The molecule has 0 aliphatic carbocycles. The number of sulfonamides is 2. The summed E-state index contributed by atoms with van der Waals surface area (Å²) in [5.74, 6) is -1.04. The number of aliphatic hydroxyl groups excluding tert-OH is 2. The molecular formula is C45H46F8N6O10S2. The van der Waals surface area contributed by atoms with Crippen LogP contribution in [0.4, 0.5) is 39.9 Å². The predicted molar refractivity (Wildman–Crippen MR) is 235 cm³/mol. The molecule has 0 aliphatic heterocycles. The normalized spacial score (nSPS) is 13.3. The summed E-state index contributed by atoms with van der Waals surface area (Å²) in [6.07, 6.45) is -10.5. The van der Waals surface area contributed by atoms with Crippen LogP contribution in [0.25, 0.3) is 0 Å². The van der Waals surface area contributed by atoms with Crippen molar-refractivity contribution in [2.45, 2.75) is 87.3 Å². The third-order valence-electron chi connectivity index (χ3n) is 9.78. The summed E-state index contributed by atoms with van der Waals surface area (Å²) in [6.45, 7) is 3.45. The van der Waals surface area contributed by atoms with Crippen LogP contribution in [0.15, 0.2) is 119 Å². The molecule has 0 fully saturated rings. The van der Waals surface area contributed by atoms with Gasteiger partial charge in [0, 0.05) is 44.3 Å². The van der Waals surface area contributed by atoms with Crippen molar-refractivity contribution < 1.29 is 81.2 Å². The maximum Gasteiger partial charge on any atom is 0.424 e. The minimum absolute atomic E-state index is 0.0226. The van der Waals surface area contributed by atoms with Crippen molar-refractivity contribution in [2.75, 3.05) is 14.2 Å². The van der Waals surface area contributed by atoms with Gasteiger partial charge in [0.15, 0.2) is 0 Å². The van der Waals surface area contributed by atoms with Gasteiger partial charge in [0.25, 0.3) is 10.0 Å². The van der Waals surface area contributed by atoms with Gasteiger partial charge in [-0.15, -0.1) is 0 Å². The highest BCUT2D eigenvalue weighted by Gasteiger charge is 2.37. The molecule has 26 heteroatoms. The summed E-state index contributed by atoms with van der Waals surface area (Å²) in [6, 6.07) is 15.6. The predicted octanol–water partition coefficient (Wildman–Crippen LogP) is 8.06. The first-order valence-corrected chi connectivity index (χ1v) is 23.5. The Hall–Kier alpha value is -6.29. The van der Waals surface area contributed by atoms with Crippen molar-refractivity contribution in [1.29, 1.82) is 0 Å². The Morgan fingerprint density at radius 1 is 0.648 bits per heavy atom. The number of aromatic nitrogens is 4. The number of halogens is 8. The number of benzene rings is 4. The van der Waals surface area contributed by atoms with Crippen molar-refractivity contribution in [3.63, 3.8) is 0 Å². The molecule has 2 heterocycles. The van der Waals surface area contributed by atoms with Gasteiger partial charge in [-0.1, -0.05) is 24.3 Å². The number of hydrogen-bond acceptors (Lipinski definition) is 12. The Bertz CT molecular complexity index is 2960. The lowest BCUT2D eigenvalue weighted by atomic mass is 10.0. The first-order valence-electron chi connectivity index (χ1n) is 20.6. The number of ether oxygens (including phenoxy) is 3. The molecule has 0 spiro atoms. The number of carbonyl (C=O) groups excluding carboxylic acids is 1. The highest BCUT2D eigenvalue weighted by molar-refractivity contribution is 7.89. The Balaban J connectivity index is 0.000000269. The number of amides is 1. The monoisotopic (exact) mass is 1050 g/mol. The molecule has 2 atom stereocenters. The standard InChI is InChI=1S/C25H27F4N3O6S.C20H19F4N3O4S/c1-24(2,3)38-23(34)32(39(35,36)20-11-7-18(8-12-20)25(27,28)29)14-17-13-31(15-37-4)30-21(17)22(33)16-5-9-19(26)10-6-16;1-31-12-27-11-14(18(26-27)19(28)13-2-6-16(21)7-3-13)10-25-32(29,30)17-8-4-15(5-9-17)20(22,23)24/h5-13,22,33H,14-15H2,1-4H3;2-9,11,19,25,28H,10,12H2,1H3. The molecule has 1 amide bonds. The summed E-state index contributed by atoms with van der Waals surface area (Å²) < 4.78 is 176. The highest BCUT2D eigenvalue weighted by Crippen LogP contribution is 2.33. The molecule has 0 saturated carbocycles. The number of methoxy groups -OCH3 is 2. The average Bonchev–Trinajstić information content (AvgIpc) is 3.90. The summed E-state index contributed by atoms with van der Waals surface area (Å²) in [4.78, 5) is 12.2. The molecule has 16 nitrogen and oxygen atoms in total. The van der Waals surface area contributed by atoms with Gasteiger partial charge in [0.1, 0.15) is 54.3 Å². The number of hydrogen-bond donors (Lipinski definition) is 3. The molecule has 2 unspecified atom stereocenters. The van der Waals surface area contributed by atoms with E-state index in [9.17, 15) is 67.0 Å². The number of nitrogens with one attached hydrogen (secondary N) is 1. The van der Waals surface area contributed by atoms with Crippen LogP contribution in [-0.4, -0.2) is 76.8 Å². The zero-order valence-electron chi connectivity index (χ0n) is 38.1. The van der Waals surface area contributed by atoms with E-state index in [0.717, 1.165) is 48.5 Å². The molecule has 3 N–H and O–H groups in total. The number of carbonyl (C=O) groups is 1. The SMILES string of the molecule is COCn1cc(CN(C(=O)OC(C)(C)C)S(=O)(=O)c2ccc(C(F)(F)F)cc2)c(C(O)c2ccc(F)cc2)n1.COCn1cc(CNS(=O)(=O)c2ccc(C(F)(F)F)cc2)c(C(O)c2ccc(F)cc2)n1. The smallest absolute Gasteiger partial charge is 0.424 e. The lowest BCUT2D eigenvalue weighted by molar-refractivity contribution is -0.138. The van der Waals surface area contributed by atoms with Crippen LogP contribution in [-0.2, 0) is 73.2 Å². The van der Waals surface area contributed by atoms with Crippen LogP contribution in [0.2, 0.25) is 0 Å². The lowest BCUT2D eigenvalue weighted by Crippen LogP contribution is -2.40. The van der Waals surface area contributed by atoms with Crippen LogP contribution in [0.3, 0.4) is 0 Å². The first kappa shape index (κ1) is 55.6. The van der Waals surface area contributed by atoms with Crippen LogP contribution < -0.4 is 4.72 Å². The van der Waals surface area contributed by atoms with E-state index in [1.165, 1.54) is 81.0 Å². The summed E-state index contributed by atoms with van der Waals surface area (Å²) >= 11 is 0. The quantitative estimate of drug-likeness (QED) is 0.0788. The van der Waals surface area contributed by atoms with E-state index in [0.29, 0.717) is 39.7 Å². The number of alkyl halides is 6. The van der Waals surface area contributed by atoms with E-state index >= 15 is 0 Å². The number of rotatable bonds is 16. The van der Waals surface area contributed by atoms with Crippen molar-refractivity contribution >= 4 is 26.1 Å². The van der Waals surface area contributed by atoms with Crippen LogP contribution in [0.5, 0.6) is 0 Å². The van der Waals surface area contributed by atoms with Gasteiger partial charge in [-0.3, -0.25) is 0 Å². The molecule has 0 bridgehead atoms. The van der Waals surface area contributed by atoms with E-state index in [1.54, 1.807) is 0 Å². The Kier molecular flexibility index (Phi) is 17.6. The summed E-state index contributed by atoms with van der Waals surface area (Å²) in [5, 5.41) is 30.1. The molecule has 6 rings (SSSR count). The summed E-state index contributed by atoms with van der Waals surface area (Å²) in [5.41, 5.74) is -2.19. The van der Waals surface area contributed by atoms with E-state index in [-0.39, 0.29) is 47.4 Å². The van der Waals surface area contributed by atoms with Gasteiger partial charge >= 0.3 is 18.4 Å². The van der Waals surface area contributed by atoms with Crippen molar-refractivity contribution in [2.24, 2.45) is 0 Å². The van der Waals surface area contributed by atoms with E-state index < -0.39 is 90.5 Å². The molecule has 4 aromatic carbocycles. The van der Waals surface area contributed by atoms with Crippen molar-refractivity contribution in [3.8, 4) is 0 Å². The maximum atomic E-state index is 13.5. The zero-order chi connectivity index (χ0) is 52.7. The highest BCUT2D eigenvalue weighted by atomic mass is 32.2. The fourth-order valence-electron chi connectivity index (χ4n) is 6.41. The molecule has 71 heavy (non-hydrogen) atoms. The number of aliphatic hydroxyl groups is 2. The molecule has 0 aliphatic rings. The van der Waals surface area contributed by atoms with Crippen molar-refractivity contribution in [1.82, 2.24) is 28.6 Å². The molecule has 384 valence electrons. The van der Waals surface area contributed by atoms with Gasteiger partial charge in [-0.2, -0.15) is 40.8 Å². The van der Waals surface area contributed by atoms with Gasteiger partial charge in [0.05, 0.1) is 27.5 Å². The van der Waals surface area contributed by atoms with E-state index in [2.05, 4.69) is 14.9 Å². The Labute approximate surface area is 402 Å². The fourth-order valence-corrected chi connectivity index (χ4v) is 8.70. The van der Waals surface area contributed by atoms with Gasteiger partial charge in [0.2, 0.25) is 10.0 Å². The maximum absolute atomic E-state index is 13.5. The minimum Gasteiger partial charge on any atom is -0.443 e. The minimum atomic E-state index is -4.76. The Morgan fingerprint density at radius 3 is 1.44 bits per heavy atom. The molecule has 0 radical (unpaired) electrons. The molecule has 6 aromatic rings. The molecule has 0 saturated heterocycles.